The first-order chi connectivity index (χ1) is 6.40. The van der Waals surface area contributed by atoms with Crippen molar-refractivity contribution >= 4 is 29.6 Å². The topological polar surface area (TPSA) is 26.0 Å². The predicted octanol–water partition coefficient (Wildman–Crippen LogP) is 2.68. The Balaban J connectivity index is 2.92. The summed E-state index contributed by atoms with van der Waals surface area (Å²) in [5, 5.41) is 0. The van der Waals surface area contributed by atoms with Gasteiger partial charge in [-0.3, -0.25) is 0 Å². The third-order valence-electron chi connectivity index (χ3n) is 1.72. The minimum Gasteiger partial charge on any atom is -0.449 e. The predicted molar refractivity (Wildman–Crippen MR) is 59.8 cm³/mol. The normalized spacial score (nSPS) is 11.8. The Morgan fingerprint density at radius 3 is 2.21 bits per heavy atom. The van der Waals surface area contributed by atoms with Crippen LogP contribution in [0.15, 0.2) is 18.2 Å². The van der Waals surface area contributed by atoms with E-state index in [0.29, 0.717) is 5.56 Å². The summed E-state index contributed by atoms with van der Waals surface area (Å²) in [6.07, 6.45) is -0.830. The molecule has 0 aliphatic rings. The summed E-state index contributed by atoms with van der Waals surface area (Å²) in [5.41, 5.74) is 6.41. The second kappa shape index (κ2) is 4.52. The monoisotopic (exact) mass is 314 g/mol. The van der Waals surface area contributed by atoms with Crippen LogP contribution in [0, 0.1) is 3.57 Å². The van der Waals surface area contributed by atoms with Crippen LogP contribution in [0.2, 0.25) is 0 Å². The Morgan fingerprint density at radius 2 is 1.71 bits per heavy atom. The van der Waals surface area contributed by atoms with Gasteiger partial charge in [-0.1, -0.05) is 17.9 Å². The lowest BCUT2D eigenvalue weighted by atomic mass is 9.81. The highest BCUT2D eigenvalue weighted by Gasteiger charge is 2.23. The largest absolute Gasteiger partial charge is 0.482 e. The molecule has 0 atom stereocenters. The van der Waals surface area contributed by atoms with Gasteiger partial charge in [0.1, 0.15) is 0 Å². The molecular weight excluding hydrogens is 305 g/mol. The molecule has 0 fully saturated rings. The number of rotatable bonds is 3. The van der Waals surface area contributed by atoms with Crippen LogP contribution in [-0.2, 0) is 12.9 Å². The average molecular weight is 314 g/mol. The van der Waals surface area contributed by atoms with Crippen molar-refractivity contribution in [2.45, 2.75) is 12.9 Å². The fraction of sp³-hybridized carbons (Fsp3) is 0.250. The zero-order valence-electron chi connectivity index (χ0n) is 7.31. The second-order valence-corrected chi connectivity index (χ2v) is 4.33. The molecule has 78 valence electrons. The molecular formula is C8H9BF3IN-. The van der Waals surface area contributed by atoms with E-state index in [2.05, 4.69) is 0 Å². The van der Waals surface area contributed by atoms with Gasteiger partial charge in [0.2, 0.25) is 0 Å². The smallest absolute Gasteiger partial charge is 0.449 e. The Hall–Kier alpha value is -0.235. The summed E-state index contributed by atoms with van der Waals surface area (Å²) in [6, 6.07) is 4.83. The molecule has 0 unspecified atom stereocenters. The molecule has 0 saturated carbocycles. The van der Waals surface area contributed by atoms with Crippen molar-refractivity contribution in [3.05, 3.63) is 32.9 Å². The van der Waals surface area contributed by atoms with Crippen molar-refractivity contribution in [2.75, 3.05) is 0 Å². The molecule has 0 heterocycles. The van der Waals surface area contributed by atoms with E-state index < -0.39 is 13.3 Å². The van der Waals surface area contributed by atoms with Crippen LogP contribution < -0.4 is 5.73 Å². The van der Waals surface area contributed by atoms with Gasteiger partial charge < -0.3 is 18.7 Å². The van der Waals surface area contributed by atoms with E-state index in [1.807, 2.05) is 22.6 Å². The first-order valence-electron chi connectivity index (χ1n) is 4.10. The lowest BCUT2D eigenvalue weighted by Crippen LogP contribution is -2.19. The van der Waals surface area contributed by atoms with Crippen LogP contribution >= 0.6 is 22.6 Å². The highest BCUT2D eigenvalue weighted by molar-refractivity contribution is 14.1. The van der Waals surface area contributed by atoms with Crippen molar-refractivity contribution < 1.29 is 12.9 Å². The highest BCUT2D eigenvalue weighted by Crippen LogP contribution is 2.19. The van der Waals surface area contributed by atoms with Crippen LogP contribution in [0.5, 0.6) is 0 Å². The molecule has 1 aromatic rings. The quantitative estimate of drug-likeness (QED) is 0.674. The van der Waals surface area contributed by atoms with Crippen LogP contribution in [0.1, 0.15) is 11.1 Å². The zero-order chi connectivity index (χ0) is 10.8. The first kappa shape index (κ1) is 11.8. The van der Waals surface area contributed by atoms with Gasteiger partial charge >= 0.3 is 6.98 Å². The molecule has 0 bridgehead atoms. The summed E-state index contributed by atoms with van der Waals surface area (Å²) < 4.78 is 37.2. The highest BCUT2D eigenvalue weighted by atomic mass is 127. The van der Waals surface area contributed by atoms with Gasteiger partial charge in [-0.2, -0.15) is 0 Å². The Bertz CT molecular complexity index is 327. The maximum Gasteiger partial charge on any atom is 0.482 e. The lowest BCUT2D eigenvalue weighted by molar-refractivity contribution is 0.468. The van der Waals surface area contributed by atoms with E-state index in [1.54, 1.807) is 6.07 Å². The van der Waals surface area contributed by atoms with Crippen molar-refractivity contribution in [2.24, 2.45) is 5.73 Å². The van der Waals surface area contributed by atoms with E-state index in [1.165, 1.54) is 12.1 Å². The van der Waals surface area contributed by atoms with E-state index in [-0.39, 0.29) is 6.54 Å². The van der Waals surface area contributed by atoms with Gasteiger partial charge in [0.15, 0.2) is 0 Å². The van der Waals surface area contributed by atoms with Crippen molar-refractivity contribution in [3.63, 3.8) is 0 Å². The Morgan fingerprint density at radius 1 is 1.14 bits per heavy atom. The zero-order valence-corrected chi connectivity index (χ0v) is 9.47. The molecule has 14 heavy (non-hydrogen) atoms. The van der Waals surface area contributed by atoms with Gasteiger partial charge in [0.05, 0.1) is 0 Å². The summed E-state index contributed by atoms with van der Waals surface area (Å²) >= 11 is 1.99. The number of hydrogen-bond donors (Lipinski definition) is 1. The molecule has 0 aromatic heterocycles. The molecule has 0 saturated heterocycles. The van der Waals surface area contributed by atoms with E-state index in [4.69, 9.17) is 5.73 Å². The Labute approximate surface area is 94.1 Å². The summed E-state index contributed by atoms with van der Waals surface area (Å²) in [4.78, 5) is 0. The standard InChI is InChI=1S/C8H9BF3IN/c10-9(11,12)4-6-1-7(5-14)3-8(13)2-6/h1-3H,4-5,14H2/q-1. The van der Waals surface area contributed by atoms with Gasteiger partial charge in [-0.25, -0.2) is 0 Å². The minimum atomic E-state index is -4.76. The summed E-state index contributed by atoms with van der Waals surface area (Å²) in [5.74, 6) is 0. The van der Waals surface area contributed by atoms with E-state index in [0.717, 1.165) is 9.13 Å². The molecule has 0 aliphatic carbocycles. The van der Waals surface area contributed by atoms with Crippen LogP contribution in [0.3, 0.4) is 0 Å². The summed E-state index contributed by atoms with van der Waals surface area (Å²) in [7, 11) is 0. The maximum absolute atomic E-state index is 12.1. The van der Waals surface area contributed by atoms with Crippen LogP contribution in [-0.4, -0.2) is 6.98 Å². The molecule has 0 aliphatic heterocycles. The fourth-order valence-corrected chi connectivity index (χ4v) is 2.02. The maximum atomic E-state index is 12.1. The fourth-order valence-electron chi connectivity index (χ4n) is 1.22. The second-order valence-electron chi connectivity index (χ2n) is 3.09. The molecule has 1 nitrogen and oxygen atoms in total. The van der Waals surface area contributed by atoms with Gasteiger partial charge in [-0.05, 0) is 40.3 Å². The number of halogens is 4. The number of nitrogens with two attached hydrogens (primary N) is 1. The van der Waals surface area contributed by atoms with Crippen molar-refractivity contribution in [1.29, 1.82) is 0 Å². The third-order valence-corrected chi connectivity index (χ3v) is 2.34. The van der Waals surface area contributed by atoms with Gasteiger partial charge in [0, 0.05) is 10.1 Å². The van der Waals surface area contributed by atoms with Crippen LogP contribution in [0.4, 0.5) is 12.9 Å². The first-order valence-corrected chi connectivity index (χ1v) is 5.18. The lowest BCUT2D eigenvalue weighted by Gasteiger charge is -2.14. The SMILES string of the molecule is NCc1cc(I)cc(C[B-](F)(F)F)c1. The van der Waals surface area contributed by atoms with Crippen molar-refractivity contribution in [3.8, 4) is 0 Å². The van der Waals surface area contributed by atoms with Gasteiger partial charge in [-0.15, -0.1) is 0 Å². The van der Waals surface area contributed by atoms with E-state index >= 15 is 0 Å². The molecule has 1 rings (SSSR count). The van der Waals surface area contributed by atoms with E-state index in [9.17, 15) is 12.9 Å². The molecule has 0 spiro atoms. The number of hydrogen-bond acceptors (Lipinski definition) is 1. The molecule has 0 amide bonds. The third kappa shape index (κ3) is 3.87. The molecule has 1 aromatic carbocycles. The van der Waals surface area contributed by atoms with Crippen LogP contribution in [0.25, 0.3) is 0 Å². The molecule has 6 heteroatoms. The molecule has 0 radical (unpaired) electrons. The Kier molecular flexibility index (Phi) is 3.82. The summed E-state index contributed by atoms with van der Waals surface area (Å²) in [6.45, 7) is -4.49. The molecule has 2 N–H and O–H groups in total. The van der Waals surface area contributed by atoms with Crippen molar-refractivity contribution in [1.82, 2.24) is 0 Å². The van der Waals surface area contributed by atoms with Gasteiger partial charge in [0.25, 0.3) is 0 Å². The number of benzene rings is 1. The average Bonchev–Trinajstić information content (AvgIpc) is 1.99. The minimum absolute atomic E-state index is 0.273.